The zero-order valence-corrected chi connectivity index (χ0v) is 14.6. The molecular formula is C17H19F5N2O3. The van der Waals surface area contributed by atoms with Crippen molar-refractivity contribution in [3.63, 3.8) is 0 Å². The highest BCUT2D eigenvalue weighted by Gasteiger charge is 2.43. The van der Waals surface area contributed by atoms with Gasteiger partial charge in [-0.1, -0.05) is 6.07 Å². The molecule has 2 rings (SSSR count). The van der Waals surface area contributed by atoms with Crippen LogP contribution in [0.5, 0.6) is 0 Å². The summed E-state index contributed by atoms with van der Waals surface area (Å²) in [5.41, 5.74) is 0.328. The first-order chi connectivity index (χ1) is 12.6. The SMILES string of the molecule is CCN(C(=O)Cc1ccc(F)c(F)c1)C1CCN(OC(=O)C(F)(F)F)CC1. The molecule has 0 bridgehead atoms. The minimum Gasteiger partial charge on any atom is -0.361 e. The van der Waals surface area contributed by atoms with Crippen LogP contribution in [0.2, 0.25) is 0 Å². The summed E-state index contributed by atoms with van der Waals surface area (Å²) in [7, 11) is 0. The largest absolute Gasteiger partial charge is 0.492 e. The Morgan fingerprint density at radius 2 is 1.81 bits per heavy atom. The molecule has 0 aliphatic carbocycles. The van der Waals surface area contributed by atoms with Crippen molar-refractivity contribution in [2.45, 2.75) is 38.4 Å². The Morgan fingerprint density at radius 1 is 1.19 bits per heavy atom. The van der Waals surface area contributed by atoms with Gasteiger partial charge in [0.15, 0.2) is 11.6 Å². The summed E-state index contributed by atoms with van der Waals surface area (Å²) < 4.78 is 62.9. The number of likely N-dealkylation sites (N-methyl/N-ethyl adjacent to an activating group) is 1. The number of halogens is 5. The fourth-order valence-corrected chi connectivity index (χ4v) is 2.98. The van der Waals surface area contributed by atoms with Crippen molar-refractivity contribution in [1.29, 1.82) is 0 Å². The van der Waals surface area contributed by atoms with Crippen LogP contribution in [0.1, 0.15) is 25.3 Å². The molecule has 0 N–H and O–H groups in total. The van der Waals surface area contributed by atoms with Gasteiger partial charge in [0.1, 0.15) is 0 Å². The molecule has 1 aliphatic rings. The van der Waals surface area contributed by atoms with Crippen molar-refractivity contribution in [3.8, 4) is 0 Å². The number of carbonyl (C=O) groups is 2. The van der Waals surface area contributed by atoms with Crippen LogP contribution in [-0.4, -0.2) is 53.7 Å². The Hall–Kier alpha value is -2.23. The van der Waals surface area contributed by atoms with Crippen LogP contribution in [-0.2, 0) is 20.8 Å². The lowest BCUT2D eigenvalue weighted by molar-refractivity contribution is -0.242. The molecule has 1 aromatic rings. The third-order valence-corrected chi connectivity index (χ3v) is 4.31. The van der Waals surface area contributed by atoms with Crippen LogP contribution in [0.3, 0.4) is 0 Å². The van der Waals surface area contributed by atoms with Crippen LogP contribution < -0.4 is 0 Å². The van der Waals surface area contributed by atoms with Gasteiger partial charge in [-0.05, 0) is 37.5 Å². The molecule has 1 aromatic carbocycles. The lowest BCUT2D eigenvalue weighted by Gasteiger charge is -2.37. The van der Waals surface area contributed by atoms with E-state index in [1.54, 1.807) is 11.8 Å². The Kier molecular flexibility index (Phi) is 6.74. The molecule has 0 radical (unpaired) electrons. The summed E-state index contributed by atoms with van der Waals surface area (Å²) in [6, 6.07) is 2.99. The molecule has 0 saturated carbocycles. The molecule has 27 heavy (non-hydrogen) atoms. The first-order valence-electron chi connectivity index (χ1n) is 8.39. The van der Waals surface area contributed by atoms with Gasteiger partial charge in [0, 0.05) is 25.7 Å². The van der Waals surface area contributed by atoms with Gasteiger partial charge in [-0.25, -0.2) is 13.6 Å². The van der Waals surface area contributed by atoms with E-state index in [9.17, 15) is 31.5 Å². The van der Waals surface area contributed by atoms with Crippen LogP contribution in [0.4, 0.5) is 22.0 Å². The molecule has 150 valence electrons. The normalized spacial score (nSPS) is 16.2. The Balaban J connectivity index is 1.91. The summed E-state index contributed by atoms with van der Waals surface area (Å²) in [6.45, 7) is 2.22. The van der Waals surface area contributed by atoms with E-state index < -0.39 is 23.8 Å². The molecule has 10 heteroatoms. The summed E-state index contributed by atoms with van der Waals surface area (Å²) in [5.74, 6) is -4.61. The molecule has 1 fully saturated rings. The van der Waals surface area contributed by atoms with Crippen molar-refractivity contribution < 1.29 is 36.4 Å². The average Bonchev–Trinajstić information content (AvgIpc) is 2.59. The van der Waals surface area contributed by atoms with E-state index in [0.717, 1.165) is 17.2 Å². The first-order valence-corrected chi connectivity index (χ1v) is 8.39. The predicted octanol–water partition coefficient (Wildman–Crippen LogP) is 2.84. The number of piperidine rings is 1. The highest BCUT2D eigenvalue weighted by molar-refractivity contribution is 5.79. The number of hydrogen-bond acceptors (Lipinski definition) is 4. The van der Waals surface area contributed by atoms with Gasteiger partial charge >= 0.3 is 12.1 Å². The van der Waals surface area contributed by atoms with Gasteiger partial charge in [0.2, 0.25) is 5.91 Å². The number of nitrogens with zero attached hydrogens (tertiary/aromatic N) is 2. The summed E-state index contributed by atoms with van der Waals surface area (Å²) >= 11 is 0. The van der Waals surface area contributed by atoms with Crippen molar-refractivity contribution in [2.24, 2.45) is 0 Å². The summed E-state index contributed by atoms with van der Waals surface area (Å²) in [4.78, 5) is 29.2. The lowest BCUT2D eigenvalue weighted by Crippen LogP contribution is -2.48. The number of carbonyl (C=O) groups excluding carboxylic acids is 2. The maximum atomic E-state index is 13.3. The quantitative estimate of drug-likeness (QED) is 0.721. The standard InChI is InChI=1S/C17H19F5N2O3/c1-2-24(15(25)10-11-3-4-13(18)14(19)9-11)12-5-7-23(8-6-12)27-16(26)17(20,21)22/h3-4,9,12H,2,5-8,10H2,1H3. The summed E-state index contributed by atoms with van der Waals surface area (Å²) in [5, 5.41) is 0.931. The monoisotopic (exact) mass is 394 g/mol. The molecule has 1 heterocycles. The lowest BCUT2D eigenvalue weighted by atomic mass is 10.0. The number of alkyl halides is 3. The third kappa shape index (κ3) is 5.62. The maximum Gasteiger partial charge on any atom is 0.492 e. The van der Waals surface area contributed by atoms with Gasteiger partial charge in [-0.3, -0.25) is 4.79 Å². The van der Waals surface area contributed by atoms with Crippen LogP contribution in [0.15, 0.2) is 18.2 Å². The van der Waals surface area contributed by atoms with E-state index in [1.807, 2.05) is 0 Å². The minimum atomic E-state index is -5.06. The Bertz CT molecular complexity index is 688. The molecule has 1 amide bonds. The fraction of sp³-hybridized carbons (Fsp3) is 0.529. The second-order valence-corrected chi connectivity index (χ2v) is 6.14. The van der Waals surface area contributed by atoms with Crippen LogP contribution in [0.25, 0.3) is 0 Å². The predicted molar refractivity (Wildman–Crippen MR) is 84.2 cm³/mol. The van der Waals surface area contributed by atoms with Crippen molar-refractivity contribution in [1.82, 2.24) is 9.96 Å². The van der Waals surface area contributed by atoms with Crippen molar-refractivity contribution in [3.05, 3.63) is 35.4 Å². The molecule has 0 spiro atoms. The molecule has 1 saturated heterocycles. The number of hydroxylamine groups is 2. The summed E-state index contributed by atoms with van der Waals surface area (Å²) in [6.07, 6.45) is -4.54. The average molecular weight is 394 g/mol. The Labute approximate surface area is 152 Å². The minimum absolute atomic E-state index is 0.0570. The van der Waals surface area contributed by atoms with E-state index in [2.05, 4.69) is 4.84 Å². The van der Waals surface area contributed by atoms with E-state index in [-0.39, 0.29) is 31.5 Å². The van der Waals surface area contributed by atoms with Gasteiger partial charge in [0.05, 0.1) is 6.42 Å². The van der Waals surface area contributed by atoms with Crippen molar-refractivity contribution in [2.75, 3.05) is 19.6 Å². The highest BCUT2D eigenvalue weighted by atomic mass is 19.4. The van der Waals surface area contributed by atoms with Gasteiger partial charge < -0.3 is 9.74 Å². The smallest absolute Gasteiger partial charge is 0.361 e. The number of rotatable bonds is 5. The highest BCUT2D eigenvalue weighted by Crippen LogP contribution is 2.22. The van der Waals surface area contributed by atoms with E-state index in [1.165, 1.54) is 6.07 Å². The second kappa shape index (κ2) is 8.64. The van der Waals surface area contributed by atoms with E-state index in [0.29, 0.717) is 24.9 Å². The van der Waals surface area contributed by atoms with Gasteiger partial charge in [0.25, 0.3) is 0 Å². The molecule has 5 nitrogen and oxygen atoms in total. The van der Waals surface area contributed by atoms with Gasteiger partial charge in [-0.2, -0.15) is 13.2 Å². The zero-order chi connectivity index (χ0) is 20.2. The third-order valence-electron chi connectivity index (χ3n) is 4.31. The van der Waals surface area contributed by atoms with Crippen molar-refractivity contribution >= 4 is 11.9 Å². The van der Waals surface area contributed by atoms with Crippen LogP contribution >= 0.6 is 0 Å². The molecule has 1 aliphatic heterocycles. The maximum absolute atomic E-state index is 13.3. The van der Waals surface area contributed by atoms with Crippen LogP contribution in [0, 0.1) is 11.6 Å². The zero-order valence-electron chi connectivity index (χ0n) is 14.6. The molecular weight excluding hydrogens is 375 g/mol. The number of amides is 1. The molecule has 0 aromatic heterocycles. The number of hydrogen-bond donors (Lipinski definition) is 0. The Morgan fingerprint density at radius 3 is 2.33 bits per heavy atom. The molecule has 0 atom stereocenters. The molecule has 0 unspecified atom stereocenters. The van der Waals surface area contributed by atoms with E-state index in [4.69, 9.17) is 0 Å². The second-order valence-electron chi connectivity index (χ2n) is 6.14. The first kappa shape index (κ1) is 21.1. The van der Waals surface area contributed by atoms with E-state index >= 15 is 0 Å². The number of benzene rings is 1. The van der Waals surface area contributed by atoms with Gasteiger partial charge in [-0.15, -0.1) is 5.06 Å². The topological polar surface area (TPSA) is 49.9 Å². The fourth-order valence-electron chi connectivity index (χ4n) is 2.98.